The number of carbonyl (C=O) groups excluding carboxylic acids is 1. The maximum absolute atomic E-state index is 12.5. The SMILES string of the molecule is COc1cc(Cl)cc(Nc2cc(CC(=O)NC3CCC3)n(-c3ccnc(C)c3)n2)c1. The zero-order chi connectivity index (χ0) is 21.1. The van der Waals surface area contributed by atoms with E-state index >= 15 is 0 Å². The molecule has 0 unspecified atom stereocenters. The molecule has 1 aliphatic carbocycles. The minimum absolute atomic E-state index is 0.00241. The highest BCUT2D eigenvalue weighted by Crippen LogP contribution is 2.27. The molecule has 0 spiro atoms. The number of pyridine rings is 1. The summed E-state index contributed by atoms with van der Waals surface area (Å²) in [5.41, 5.74) is 3.27. The van der Waals surface area contributed by atoms with Crippen molar-refractivity contribution in [2.75, 3.05) is 12.4 Å². The smallest absolute Gasteiger partial charge is 0.226 e. The first kappa shape index (κ1) is 20.2. The van der Waals surface area contributed by atoms with Gasteiger partial charge in [-0.15, -0.1) is 5.10 Å². The zero-order valence-corrected chi connectivity index (χ0v) is 17.7. The number of halogens is 1. The van der Waals surface area contributed by atoms with Crippen LogP contribution in [0.1, 0.15) is 30.7 Å². The number of benzene rings is 1. The molecule has 2 aromatic heterocycles. The molecule has 1 fully saturated rings. The van der Waals surface area contributed by atoms with Crippen molar-refractivity contribution in [2.24, 2.45) is 0 Å². The van der Waals surface area contributed by atoms with Crippen LogP contribution in [-0.4, -0.2) is 33.8 Å². The minimum Gasteiger partial charge on any atom is -0.497 e. The van der Waals surface area contributed by atoms with E-state index in [9.17, 15) is 4.79 Å². The number of nitrogens with one attached hydrogen (secondary N) is 2. The number of anilines is 2. The minimum atomic E-state index is 0.00241. The topological polar surface area (TPSA) is 81.1 Å². The molecular weight excluding hydrogens is 402 g/mol. The van der Waals surface area contributed by atoms with Crippen molar-refractivity contribution in [1.82, 2.24) is 20.1 Å². The molecule has 0 saturated heterocycles. The van der Waals surface area contributed by atoms with Gasteiger partial charge in [-0.2, -0.15) is 0 Å². The maximum atomic E-state index is 12.5. The lowest BCUT2D eigenvalue weighted by Crippen LogP contribution is -2.40. The largest absolute Gasteiger partial charge is 0.497 e. The normalized spacial score (nSPS) is 13.6. The van der Waals surface area contributed by atoms with E-state index in [1.165, 1.54) is 6.42 Å². The van der Waals surface area contributed by atoms with Gasteiger partial charge in [-0.05, 0) is 50.5 Å². The number of hydrogen-bond donors (Lipinski definition) is 2. The van der Waals surface area contributed by atoms with E-state index in [2.05, 4.69) is 20.7 Å². The van der Waals surface area contributed by atoms with E-state index < -0.39 is 0 Å². The first-order valence-corrected chi connectivity index (χ1v) is 10.3. The summed E-state index contributed by atoms with van der Waals surface area (Å²) in [4.78, 5) is 16.8. The van der Waals surface area contributed by atoms with Crippen molar-refractivity contribution >= 4 is 29.0 Å². The first-order chi connectivity index (χ1) is 14.5. The number of aryl methyl sites for hydroxylation is 1. The highest BCUT2D eigenvalue weighted by Gasteiger charge is 2.21. The van der Waals surface area contributed by atoms with Crippen LogP contribution in [-0.2, 0) is 11.2 Å². The molecule has 4 rings (SSSR count). The number of ether oxygens (including phenoxy) is 1. The average Bonchev–Trinajstić information content (AvgIpc) is 3.06. The van der Waals surface area contributed by atoms with E-state index in [-0.39, 0.29) is 12.3 Å². The van der Waals surface area contributed by atoms with Gasteiger partial charge in [0.1, 0.15) is 5.75 Å². The lowest BCUT2D eigenvalue weighted by Gasteiger charge is -2.26. The van der Waals surface area contributed by atoms with Crippen LogP contribution in [0.25, 0.3) is 5.69 Å². The Labute approximate surface area is 180 Å². The molecule has 7 nitrogen and oxygen atoms in total. The van der Waals surface area contributed by atoms with E-state index in [0.717, 1.165) is 35.6 Å². The molecular formula is C22H24ClN5O2. The molecule has 0 bridgehead atoms. The molecule has 156 valence electrons. The summed E-state index contributed by atoms with van der Waals surface area (Å²) >= 11 is 6.18. The molecule has 0 radical (unpaired) electrons. The molecule has 8 heteroatoms. The van der Waals surface area contributed by atoms with Gasteiger partial charge in [-0.25, -0.2) is 4.68 Å². The van der Waals surface area contributed by atoms with Crippen LogP contribution in [0.3, 0.4) is 0 Å². The number of hydrogen-bond acceptors (Lipinski definition) is 5. The standard InChI is InChI=1S/C22H24ClN5O2/c1-14-8-18(6-7-24-14)28-19(13-22(29)26-16-4-3-5-16)12-21(27-28)25-17-9-15(23)10-20(11-17)30-2/h6-12,16H,3-5,13H2,1-2H3,(H,25,27)(H,26,29). The van der Waals surface area contributed by atoms with Crippen LogP contribution >= 0.6 is 11.6 Å². The van der Waals surface area contributed by atoms with E-state index in [1.807, 2.05) is 31.2 Å². The van der Waals surface area contributed by atoms with Gasteiger partial charge in [0.05, 0.1) is 24.9 Å². The molecule has 3 aromatic rings. The predicted octanol–water partition coefficient (Wildman–Crippen LogP) is 4.19. The Balaban J connectivity index is 1.62. The Morgan fingerprint density at radius 3 is 2.80 bits per heavy atom. The van der Waals surface area contributed by atoms with Gasteiger partial charge >= 0.3 is 0 Å². The van der Waals surface area contributed by atoms with Gasteiger partial charge in [0, 0.05) is 40.8 Å². The molecule has 0 atom stereocenters. The van der Waals surface area contributed by atoms with Crippen LogP contribution in [0.15, 0.2) is 42.6 Å². The lowest BCUT2D eigenvalue weighted by molar-refractivity contribution is -0.121. The molecule has 2 heterocycles. The molecule has 1 saturated carbocycles. The Bertz CT molecular complexity index is 1060. The molecule has 2 N–H and O–H groups in total. The van der Waals surface area contributed by atoms with Gasteiger partial charge < -0.3 is 15.4 Å². The van der Waals surface area contributed by atoms with Gasteiger partial charge in [-0.1, -0.05) is 11.6 Å². The third-order valence-corrected chi connectivity index (χ3v) is 5.32. The summed E-state index contributed by atoms with van der Waals surface area (Å²) in [6.07, 6.45) is 5.26. The van der Waals surface area contributed by atoms with Gasteiger partial charge in [0.2, 0.25) is 5.91 Å². The zero-order valence-electron chi connectivity index (χ0n) is 17.0. The van der Waals surface area contributed by atoms with Crippen molar-refractivity contribution in [1.29, 1.82) is 0 Å². The summed E-state index contributed by atoms with van der Waals surface area (Å²) < 4.78 is 7.06. The van der Waals surface area contributed by atoms with Crippen LogP contribution < -0.4 is 15.4 Å². The second-order valence-corrected chi connectivity index (χ2v) is 7.90. The third-order valence-electron chi connectivity index (χ3n) is 5.10. The lowest BCUT2D eigenvalue weighted by atomic mass is 9.93. The van der Waals surface area contributed by atoms with E-state index in [0.29, 0.717) is 22.6 Å². The number of methoxy groups -OCH3 is 1. The van der Waals surface area contributed by atoms with E-state index in [4.69, 9.17) is 16.3 Å². The molecule has 1 aliphatic rings. The number of rotatable bonds is 7. The number of amides is 1. The fraction of sp³-hybridized carbons (Fsp3) is 0.318. The highest BCUT2D eigenvalue weighted by molar-refractivity contribution is 6.31. The Kier molecular flexibility index (Phi) is 5.90. The van der Waals surface area contributed by atoms with Crippen LogP contribution in [0.4, 0.5) is 11.5 Å². The van der Waals surface area contributed by atoms with Gasteiger partial charge in [-0.3, -0.25) is 9.78 Å². The fourth-order valence-corrected chi connectivity index (χ4v) is 3.61. The van der Waals surface area contributed by atoms with E-state index in [1.54, 1.807) is 30.1 Å². The van der Waals surface area contributed by atoms with Crippen molar-refractivity contribution in [2.45, 2.75) is 38.6 Å². The Morgan fingerprint density at radius 1 is 1.27 bits per heavy atom. The summed E-state index contributed by atoms with van der Waals surface area (Å²) in [5.74, 6) is 1.26. The fourth-order valence-electron chi connectivity index (χ4n) is 3.39. The van der Waals surface area contributed by atoms with Gasteiger partial charge in [0.15, 0.2) is 5.82 Å². The Hall–Kier alpha value is -3.06. The van der Waals surface area contributed by atoms with Crippen molar-refractivity contribution in [3.63, 3.8) is 0 Å². The van der Waals surface area contributed by atoms with Crippen molar-refractivity contribution < 1.29 is 9.53 Å². The number of aromatic nitrogens is 3. The van der Waals surface area contributed by atoms with Gasteiger partial charge in [0.25, 0.3) is 0 Å². The van der Waals surface area contributed by atoms with Crippen LogP contribution in [0, 0.1) is 6.92 Å². The van der Waals surface area contributed by atoms with Crippen molar-refractivity contribution in [3.8, 4) is 11.4 Å². The average molecular weight is 426 g/mol. The monoisotopic (exact) mass is 425 g/mol. The molecule has 30 heavy (non-hydrogen) atoms. The molecule has 0 aliphatic heterocycles. The van der Waals surface area contributed by atoms with Crippen molar-refractivity contribution in [3.05, 3.63) is 59.0 Å². The Morgan fingerprint density at radius 2 is 2.10 bits per heavy atom. The first-order valence-electron chi connectivity index (χ1n) is 9.93. The number of carbonyl (C=O) groups is 1. The second kappa shape index (κ2) is 8.75. The summed E-state index contributed by atoms with van der Waals surface area (Å²) in [6, 6.07) is 11.4. The van der Waals surface area contributed by atoms with Crippen LogP contribution in [0.2, 0.25) is 5.02 Å². The van der Waals surface area contributed by atoms with Crippen LogP contribution in [0.5, 0.6) is 5.75 Å². The summed E-state index contributed by atoms with van der Waals surface area (Å²) in [6.45, 7) is 1.92. The quantitative estimate of drug-likeness (QED) is 0.593. The second-order valence-electron chi connectivity index (χ2n) is 7.46. The number of nitrogens with zero attached hydrogens (tertiary/aromatic N) is 3. The highest BCUT2D eigenvalue weighted by atomic mass is 35.5. The molecule has 1 aromatic carbocycles. The molecule has 1 amide bonds. The predicted molar refractivity (Wildman–Crippen MR) is 117 cm³/mol. The third kappa shape index (κ3) is 4.74. The summed E-state index contributed by atoms with van der Waals surface area (Å²) in [7, 11) is 1.59. The maximum Gasteiger partial charge on any atom is 0.226 e. The summed E-state index contributed by atoms with van der Waals surface area (Å²) in [5, 5.41) is 11.6.